The summed E-state index contributed by atoms with van der Waals surface area (Å²) in [4.78, 5) is 34.6. The number of fused-ring (bicyclic) bond motifs is 1. The molecule has 1 aliphatic rings. The van der Waals surface area contributed by atoms with Crippen LogP contribution in [-0.2, 0) is 4.79 Å². The lowest BCUT2D eigenvalue weighted by atomic mass is 9.85. The largest absolute Gasteiger partial charge is 0.369 e. The number of benzene rings is 1. The van der Waals surface area contributed by atoms with E-state index in [-0.39, 0.29) is 29.5 Å². The third-order valence-corrected chi connectivity index (χ3v) is 4.15. The number of carbonyl (C=O) groups excluding carboxylic acids is 2. The average molecular weight is 310 g/mol. The van der Waals surface area contributed by atoms with E-state index in [4.69, 9.17) is 5.73 Å². The molecule has 0 bridgehead atoms. The van der Waals surface area contributed by atoms with Gasteiger partial charge in [-0.25, -0.2) is 4.98 Å². The Labute approximate surface area is 134 Å². The first-order chi connectivity index (χ1) is 11.0. The zero-order valence-corrected chi connectivity index (χ0v) is 13.1. The van der Waals surface area contributed by atoms with Crippen LogP contribution in [0.2, 0.25) is 0 Å². The summed E-state index contributed by atoms with van der Waals surface area (Å²) in [6.45, 7) is 3.73. The predicted octanol–water partition coefficient (Wildman–Crippen LogP) is 1.79. The van der Waals surface area contributed by atoms with E-state index in [1.54, 1.807) is 11.1 Å². The van der Waals surface area contributed by atoms with Crippen molar-refractivity contribution in [2.75, 3.05) is 4.90 Å². The maximum atomic E-state index is 12.9. The molecule has 0 saturated heterocycles. The zero-order valence-electron chi connectivity index (χ0n) is 13.1. The Kier molecular flexibility index (Phi) is 3.82. The van der Waals surface area contributed by atoms with Gasteiger partial charge in [0.2, 0.25) is 5.91 Å². The molecule has 0 unspecified atom stereocenters. The van der Waals surface area contributed by atoms with Crippen molar-refractivity contribution in [2.45, 2.75) is 32.2 Å². The van der Waals surface area contributed by atoms with Gasteiger partial charge < -0.3 is 10.6 Å². The maximum absolute atomic E-state index is 12.9. The number of rotatable bonds is 2. The summed E-state index contributed by atoms with van der Waals surface area (Å²) < 4.78 is 0. The SMILES string of the molecule is Cc1cnc(C(=O)N2c3ccccc3[C@@H](C(N)=O)C[C@@H]2C)cn1. The number of nitrogens with two attached hydrogens (primary N) is 1. The summed E-state index contributed by atoms with van der Waals surface area (Å²) in [5, 5.41) is 0. The normalized spacial score (nSPS) is 20.0. The first-order valence-corrected chi connectivity index (χ1v) is 7.49. The lowest BCUT2D eigenvalue weighted by Gasteiger charge is -2.38. The summed E-state index contributed by atoms with van der Waals surface area (Å²) in [5.74, 6) is -0.971. The van der Waals surface area contributed by atoms with Crippen LogP contribution < -0.4 is 10.6 Å². The highest BCUT2D eigenvalue weighted by Gasteiger charge is 2.36. The predicted molar refractivity (Wildman–Crippen MR) is 86.0 cm³/mol. The number of aromatic nitrogens is 2. The number of anilines is 1. The number of primary amides is 1. The molecule has 1 aliphatic heterocycles. The summed E-state index contributed by atoms with van der Waals surface area (Å²) in [6, 6.07) is 7.21. The van der Waals surface area contributed by atoms with Crippen LogP contribution in [0.15, 0.2) is 36.7 Å². The van der Waals surface area contributed by atoms with Crippen LogP contribution in [0.5, 0.6) is 0 Å². The van der Waals surface area contributed by atoms with Crippen LogP contribution in [0.3, 0.4) is 0 Å². The van der Waals surface area contributed by atoms with Crippen molar-refractivity contribution >= 4 is 17.5 Å². The number of para-hydroxylation sites is 1. The lowest BCUT2D eigenvalue weighted by Crippen LogP contribution is -2.45. The van der Waals surface area contributed by atoms with E-state index in [1.165, 1.54) is 6.20 Å². The first kappa shape index (κ1) is 15.1. The van der Waals surface area contributed by atoms with Gasteiger partial charge in [-0.3, -0.25) is 14.6 Å². The first-order valence-electron chi connectivity index (χ1n) is 7.49. The second kappa shape index (κ2) is 5.79. The van der Waals surface area contributed by atoms with Crippen LogP contribution in [0.1, 0.15) is 41.0 Å². The van der Waals surface area contributed by atoms with Crippen molar-refractivity contribution in [1.29, 1.82) is 0 Å². The molecule has 6 nitrogen and oxygen atoms in total. The fraction of sp³-hybridized carbons (Fsp3) is 0.294. The van der Waals surface area contributed by atoms with Gasteiger partial charge >= 0.3 is 0 Å². The quantitative estimate of drug-likeness (QED) is 0.916. The van der Waals surface area contributed by atoms with Crippen LogP contribution in [0.4, 0.5) is 5.69 Å². The van der Waals surface area contributed by atoms with Gasteiger partial charge in [-0.2, -0.15) is 0 Å². The van der Waals surface area contributed by atoms with E-state index in [0.29, 0.717) is 12.1 Å². The molecular weight excluding hydrogens is 292 g/mol. The summed E-state index contributed by atoms with van der Waals surface area (Å²) in [6.07, 6.45) is 3.55. The van der Waals surface area contributed by atoms with Crippen molar-refractivity contribution < 1.29 is 9.59 Å². The van der Waals surface area contributed by atoms with Crippen molar-refractivity contribution in [1.82, 2.24) is 9.97 Å². The minimum absolute atomic E-state index is 0.155. The van der Waals surface area contributed by atoms with E-state index in [1.807, 2.05) is 38.1 Å². The molecule has 0 saturated carbocycles. The molecule has 23 heavy (non-hydrogen) atoms. The van der Waals surface area contributed by atoms with Crippen molar-refractivity contribution in [3.05, 3.63) is 53.6 Å². The van der Waals surface area contributed by atoms with E-state index >= 15 is 0 Å². The molecule has 0 fully saturated rings. The van der Waals surface area contributed by atoms with Gasteiger partial charge in [-0.15, -0.1) is 0 Å². The molecule has 3 rings (SSSR count). The van der Waals surface area contributed by atoms with Gasteiger partial charge in [-0.05, 0) is 31.9 Å². The fourth-order valence-electron chi connectivity index (χ4n) is 3.02. The third-order valence-electron chi connectivity index (χ3n) is 4.15. The van der Waals surface area contributed by atoms with Crippen molar-refractivity contribution in [3.63, 3.8) is 0 Å². The molecule has 1 aromatic heterocycles. The molecule has 2 amide bonds. The molecule has 0 spiro atoms. The molecule has 6 heteroatoms. The number of aryl methyl sites for hydroxylation is 1. The van der Waals surface area contributed by atoms with Crippen molar-refractivity contribution in [2.24, 2.45) is 5.73 Å². The van der Waals surface area contributed by atoms with E-state index < -0.39 is 0 Å². The Balaban J connectivity index is 2.05. The standard InChI is InChI=1S/C17H18N4O2/c1-10-8-20-14(9-19-10)17(23)21-11(2)7-13(16(18)22)12-5-3-4-6-15(12)21/h3-6,8-9,11,13H,7H2,1-2H3,(H2,18,22)/t11-,13-/m0/s1. The van der Waals surface area contributed by atoms with Gasteiger partial charge in [0.05, 0.1) is 17.8 Å². The highest BCUT2D eigenvalue weighted by molar-refractivity contribution is 6.06. The number of nitrogens with zero attached hydrogens (tertiary/aromatic N) is 3. The van der Waals surface area contributed by atoms with Crippen LogP contribution in [0, 0.1) is 6.92 Å². The van der Waals surface area contributed by atoms with Crippen LogP contribution in [-0.4, -0.2) is 27.8 Å². The van der Waals surface area contributed by atoms with E-state index in [9.17, 15) is 9.59 Å². The summed E-state index contributed by atoms with van der Waals surface area (Å²) in [7, 11) is 0. The van der Waals surface area contributed by atoms with Gasteiger partial charge in [0.25, 0.3) is 5.91 Å². The smallest absolute Gasteiger partial charge is 0.278 e. The lowest BCUT2D eigenvalue weighted by molar-refractivity contribution is -0.119. The van der Waals surface area contributed by atoms with Gasteiger partial charge in [0.1, 0.15) is 5.69 Å². The Morgan fingerprint density at radius 2 is 1.96 bits per heavy atom. The second-order valence-corrected chi connectivity index (χ2v) is 5.82. The Bertz CT molecular complexity index is 757. The van der Waals surface area contributed by atoms with E-state index in [0.717, 1.165) is 11.3 Å². The highest BCUT2D eigenvalue weighted by atomic mass is 16.2. The Morgan fingerprint density at radius 3 is 2.61 bits per heavy atom. The van der Waals surface area contributed by atoms with Crippen LogP contribution in [0.25, 0.3) is 0 Å². The Morgan fingerprint density at radius 1 is 1.22 bits per heavy atom. The maximum Gasteiger partial charge on any atom is 0.278 e. The highest BCUT2D eigenvalue weighted by Crippen LogP contribution is 2.38. The minimum atomic E-state index is -0.380. The minimum Gasteiger partial charge on any atom is -0.369 e. The van der Waals surface area contributed by atoms with E-state index in [2.05, 4.69) is 9.97 Å². The molecule has 2 N–H and O–H groups in total. The second-order valence-electron chi connectivity index (χ2n) is 5.82. The van der Waals surface area contributed by atoms with Gasteiger partial charge in [0, 0.05) is 17.9 Å². The number of hydrogen-bond acceptors (Lipinski definition) is 4. The Hall–Kier alpha value is -2.76. The molecule has 2 atom stereocenters. The molecule has 2 aromatic rings. The molecule has 118 valence electrons. The number of hydrogen-bond donors (Lipinski definition) is 1. The molecule has 2 heterocycles. The average Bonchev–Trinajstić information content (AvgIpc) is 2.54. The zero-order chi connectivity index (χ0) is 16.6. The number of carbonyl (C=O) groups is 2. The van der Waals surface area contributed by atoms with Crippen LogP contribution >= 0.6 is 0 Å². The molecular formula is C17H18N4O2. The molecule has 0 aliphatic carbocycles. The monoisotopic (exact) mass is 310 g/mol. The van der Waals surface area contributed by atoms with Gasteiger partial charge in [-0.1, -0.05) is 18.2 Å². The summed E-state index contributed by atoms with van der Waals surface area (Å²) >= 11 is 0. The number of amides is 2. The third kappa shape index (κ3) is 2.67. The summed E-state index contributed by atoms with van der Waals surface area (Å²) in [5.41, 5.74) is 8.06. The van der Waals surface area contributed by atoms with Crippen molar-refractivity contribution in [3.8, 4) is 0 Å². The molecule has 0 radical (unpaired) electrons. The molecule has 1 aromatic carbocycles. The topological polar surface area (TPSA) is 89.2 Å². The fourth-order valence-corrected chi connectivity index (χ4v) is 3.02. The van der Waals surface area contributed by atoms with Gasteiger partial charge in [0.15, 0.2) is 0 Å².